The van der Waals surface area contributed by atoms with Crippen LogP contribution in [-0.2, 0) is 28.7 Å². The average molecular weight is 395 g/mol. The third-order valence-electron chi connectivity index (χ3n) is 3.87. The minimum absolute atomic E-state index is 0.0495. The maximum atomic E-state index is 12.3. The van der Waals surface area contributed by atoms with E-state index in [1.54, 1.807) is 26.0 Å². The van der Waals surface area contributed by atoms with E-state index < -0.39 is 10.0 Å². The maximum Gasteiger partial charge on any atom is 0.261 e. The highest BCUT2D eigenvalue weighted by Gasteiger charge is 2.13. The number of rotatable bonds is 8. The molecule has 7 heteroatoms. The largest absolute Gasteiger partial charge is 0.347 e. The molecule has 0 spiro atoms. The van der Waals surface area contributed by atoms with Gasteiger partial charge in [-0.2, -0.15) is 0 Å². The Balaban J connectivity index is 1.93. The normalized spacial score (nSPS) is 11.7. The fourth-order valence-electron chi connectivity index (χ4n) is 2.63. The molecule has 0 saturated heterocycles. The van der Waals surface area contributed by atoms with E-state index in [1.165, 1.54) is 21.8 Å². The van der Waals surface area contributed by atoms with Crippen LogP contribution in [0.1, 0.15) is 52.0 Å². The van der Waals surface area contributed by atoms with Gasteiger partial charge in [-0.15, -0.1) is 11.3 Å². The summed E-state index contributed by atoms with van der Waals surface area (Å²) in [5.41, 5.74) is 2.86. The first kappa shape index (κ1) is 20.6. The summed E-state index contributed by atoms with van der Waals surface area (Å²) in [6.45, 7) is 8.11. The van der Waals surface area contributed by atoms with E-state index in [4.69, 9.17) is 0 Å². The number of amides is 1. The van der Waals surface area contributed by atoms with Crippen molar-refractivity contribution < 1.29 is 13.2 Å². The van der Waals surface area contributed by atoms with Gasteiger partial charge in [0.1, 0.15) is 0 Å². The second kappa shape index (κ2) is 8.79. The SMILES string of the molecule is CCc1cc(C(=O)NCc2ccc(CS(=O)(=O)NC(C)C)cc2)sc1C. The van der Waals surface area contributed by atoms with E-state index in [0.29, 0.717) is 6.54 Å². The first-order valence-electron chi connectivity index (χ1n) is 8.65. The third kappa shape index (κ3) is 5.93. The van der Waals surface area contributed by atoms with Crippen molar-refractivity contribution in [2.45, 2.75) is 52.5 Å². The van der Waals surface area contributed by atoms with Crippen molar-refractivity contribution in [2.24, 2.45) is 0 Å². The topological polar surface area (TPSA) is 75.3 Å². The molecule has 5 nitrogen and oxygen atoms in total. The van der Waals surface area contributed by atoms with Crippen LogP contribution in [0.25, 0.3) is 0 Å². The van der Waals surface area contributed by atoms with E-state index in [-0.39, 0.29) is 17.7 Å². The fraction of sp³-hybridized carbons (Fsp3) is 0.421. The summed E-state index contributed by atoms with van der Waals surface area (Å²) in [5.74, 6) is -0.128. The molecule has 0 aliphatic rings. The van der Waals surface area contributed by atoms with Crippen molar-refractivity contribution in [3.05, 3.63) is 56.8 Å². The number of hydrogen-bond donors (Lipinski definition) is 2. The number of thiophene rings is 1. The standard InChI is InChI=1S/C19H26N2O3S2/c1-5-17-10-18(25-14(17)4)19(22)20-11-15-6-8-16(9-7-15)12-26(23,24)21-13(2)3/h6-10,13,21H,5,11-12H2,1-4H3,(H,20,22). The third-order valence-corrected chi connectivity index (χ3v) is 6.51. The number of benzene rings is 1. The monoisotopic (exact) mass is 394 g/mol. The summed E-state index contributed by atoms with van der Waals surface area (Å²) >= 11 is 1.51. The molecule has 2 aromatic rings. The lowest BCUT2D eigenvalue weighted by Gasteiger charge is -2.10. The fourth-order valence-corrected chi connectivity index (χ4v) is 5.09. The Labute approximate surface area is 159 Å². The molecule has 0 fully saturated rings. The lowest BCUT2D eigenvalue weighted by atomic mass is 10.1. The van der Waals surface area contributed by atoms with Crippen LogP contribution in [0.3, 0.4) is 0 Å². The van der Waals surface area contributed by atoms with Gasteiger partial charge in [-0.3, -0.25) is 4.79 Å². The molecular weight excluding hydrogens is 368 g/mol. The average Bonchev–Trinajstić information content (AvgIpc) is 2.93. The van der Waals surface area contributed by atoms with Gasteiger partial charge in [0, 0.05) is 17.5 Å². The van der Waals surface area contributed by atoms with Gasteiger partial charge in [-0.1, -0.05) is 31.2 Å². The molecule has 0 bridgehead atoms. The van der Waals surface area contributed by atoms with Gasteiger partial charge in [0.15, 0.2) is 0 Å². The van der Waals surface area contributed by atoms with Crippen LogP contribution in [0.15, 0.2) is 30.3 Å². The first-order chi connectivity index (χ1) is 12.2. The second-order valence-electron chi connectivity index (χ2n) is 6.58. The van der Waals surface area contributed by atoms with Crippen LogP contribution in [0.5, 0.6) is 0 Å². The van der Waals surface area contributed by atoms with Crippen molar-refractivity contribution >= 4 is 27.3 Å². The quantitative estimate of drug-likeness (QED) is 0.721. The molecular formula is C19H26N2O3S2. The van der Waals surface area contributed by atoms with Crippen molar-refractivity contribution in [1.82, 2.24) is 10.0 Å². The van der Waals surface area contributed by atoms with Crippen molar-refractivity contribution in [1.29, 1.82) is 0 Å². The maximum absolute atomic E-state index is 12.3. The Hall–Kier alpha value is -1.70. The Morgan fingerprint density at radius 2 is 1.77 bits per heavy atom. The summed E-state index contributed by atoms with van der Waals surface area (Å²) in [6.07, 6.45) is 0.922. The molecule has 0 atom stereocenters. The van der Waals surface area contributed by atoms with Gasteiger partial charge in [-0.25, -0.2) is 13.1 Å². The molecule has 26 heavy (non-hydrogen) atoms. The van der Waals surface area contributed by atoms with Crippen LogP contribution in [0.4, 0.5) is 0 Å². The summed E-state index contributed by atoms with van der Waals surface area (Å²) in [6, 6.07) is 9.08. The number of sulfonamides is 1. The Kier molecular flexibility index (Phi) is 6.97. The van der Waals surface area contributed by atoms with Crippen molar-refractivity contribution in [2.75, 3.05) is 0 Å². The molecule has 2 N–H and O–H groups in total. The van der Waals surface area contributed by atoms with E-state index >= 15 is 0 Å². The molecule has 0 saturated carbocycles. The van der Waals surface area contributed by atoms with Gasteiger partial charge in [-0.05, 0) is 49.9 Å². The Morgan fingerprint density at radius 3 is 2.31 bits per heavy atom. The molecule has 1 amide bonds. The Morgan fingerprint density at radius 1 is 1.15 bits per heavy atom. The molecule has 0 radical (unpaired) electrons. The molecule has 1 aromatic heterocycles. The van der Waals surface area contributed by atoms with Crippen molar-refractivity contribution in [3.63, 3.8) is 0 Å². The van der Waals surface area contributed by atoms with E-state index in [0.717, 1.165) is 22.4 Å². The number of carbonyl (C=O) groups is 1. The van der Waals surface area contributed by atoms with Gasteiger partial charge in [0.25, 0.3) is 5.91 Å². The van der Waals surface area contributed by atoms with Crippen LogP contribution < -0.4 is 10.0 Å². The highest BCUT2D eigenvalue weighted by Crippen LogP contribution is 2.22. The molecule has 0 aliphatic heterocycles. The molecule has 2 rings (SSSR count). The number of aryl methyl sites for hydroxylation is 2. The summed E-state index contributed by atoms with van der Waals surface area (Å²) in [7, 11) is -3.33. The zero-order valence-electron chi connectivity index (χ0n) is 15.6. The first-order valence-corrected chi connectivity index (χ1v) is 11.1. The number of carbonyl (C=O) groups excluding carboxylic acids is 1. The van der Waals surface area contributed by atoms with E-state index in [2.05, 4.69) is 17.0 Å². The molecule has 1 aromatic carbocycles. The summed E-state index contributed by atoms with van der Waals surface area (Å²) in [4.78, 5) is 14.2. The van der Waals surface area contributed by atoms with Gasteiger partial charge >= 0.3 is 0 Å². The number of hydrogen-bond acceptors (Lipinski definition) is 4. The zero-order chi connectivity index (χ0) is 19.3. The summed E-state index contributed by atoms with van der Waals surface area (Å²) in [5, 5.41) is 2.91. The van der Waals surface area contributed by atoms with Crippen LogP contribution >= 0.6 is 11.3 Å². The minimum atomic E-state index is -3.33. The number of nitrogens with one attached hydrogen (secondary N) is 2. The van der Waals surface area contributed by atoms with Crippen LogP contribution in [0, 0.1) is 6.92 Å². The van der Waals surface area contributed by atoms with Gasteiger partial charge in [0.05, 0.1) is 10.6 Å². The van der Waals surface area contributed by atoms with E-state index in [9.17, 15) is 13.2 Å². The second-order valence-corrected chi connectivity index (χ2v) is 9.59. The lowest BCUT2D eigenvalue weighted by molar-refractivity contribution is 0.0955. The zero-order valence-corrected chi connectivity index (χ0v) is 17.3. The predicted octanol–water partition coefficient (Wildman–Crippen LogP) is 3.38. The van der Waals surface area contributed by atoms with E-state index in [1.807, 2.05) is 25.1 Å². The molecule has 142 valence electrons. The van der Waals surface area contributed by atoms with Gasteiger partial charge in [0.2, 0.25) is 10.0 Å². The molecule has 1 heterocycles. The smallest absolute Gasteiger partial charge is 0.261 e. The highest BCUT2D eigenvalue weighted by atomic mass is 32.2. The van der Waals surface area contributed by atoms with Crippen LogP contribution in [0.2, 0.25) is 0 Å². The minimum Gasteiger partial charge on any atom is -0.347 e. The highest BCUT2D eigenvalue weighted by molar-refractivity contribution is 7.88. The summed E-state index contributed by atoms with van der Waals surface area (Å²) < 4.78 is 26.5. The van der Waals surface area contributed by atoms with Gasteiger partial charge < -0.3 is 5.32 Å². The van der Waals surface area contributed by atoms with Crippen LogP contribution in [-0.4, -0.2) is 20.4 Å². The Bertz CT molecular complexity index is 853. The molecule has 0 aliphatic carbocycles. The lowest BCUT2D eigenvalue weighted by Crippen LogP contribution is -2.31. The molecule has 0 unspecified atom stereocenters. The van der Waals surface area contributed by atoms with Crippen molar-refractivity contribution in [3.8, 4) is 0 Å². The predicted molar refractivity (Wildman–Crippen MR) is 107 cm³/mol.